The summed E-state index contributed by atoms with van der Waals surface area (Å²) in [6, 6.07) is 3.71. The van der Waals surface area contributed by atoms with Gasteiger partial charge in [0.05, 0.1) is 5.02 Å². The van der Waals surface area contributed by atoms with Crippen LogP contribution in [-0.2, 0) is 14.3 Å². The fraction of sp³-hybridized carbons (Fsp3) is 0.333. The normalized spacial score (nSPS) is 13.1. The van der Waals surface area contributed by atoms with Crippen LogP contribution in [0.5, 0.6) is 5.75 Å². The van der Waals surface area contributed by atoms with Gasteiger partial charge in [-0.3, -0.25) is 0 Å². The minimum absolute atomic E-state index is 0.0689. The van der Waals surface area contributed by atoms with Crippen molar-refractivity contribution < 1.29 is 54.2 Å². The van der Waals surface area contributed by atoms with Crippen molar-refractivity contribution >= 4 is 35.1 Å². The third-order valence-corrected chi connectivity index (χ3v) is 3.55. The highest BCUT2D eigenvalue weighted by atomic mass is 35.5. The molecular formula is C15H8Cl2F8O4. The summed E-state index contributed by atoms with van der Waals surface area (Å²) in [7, 11) is 0. The molecule has 0 atom stereocenters. The Morgan fingerprint density at radius 1 is 1.00 bits per heavy atom. The number of benzene rings is 1. The summed E-state index contributed by atoms with van der Waals surface area (Å²) in [5.74, 6) is -22.2. The van der Waals surface area contributed by atoms with Gasteiger partial charge in [-0.1, -0.05) is 23.2 Å². The first kappa shape index (κ1) is 25.0. The number of halogens is 10. The predicted octanol–water partition coefficient (Wildman–Crippen LogP) is 5.17. The Morgan fingerprint density at radius 3 is 2.10 bits per heavy atom. The Balaban J connectivity index is 2.72. The number of esters is 2. The average molecular weight is 475 g/mol. The van der Waals surface area contributed by atoms with E-state index < -0.39 is 42.7 Å². The summed E-state index contributed by atoms with van der Waals surface area (Å²) >= 11 is 11.3. The van der Waals surface area contributed by atoms with Gasteiger partial charge in [0.15, 0.2) is 12.4 Å². The quantitative estimate of drug-likeness (QED) is 0.226. The van der Waals surface area contributed by atoms with Crippen LogP contribution in [-0.4, -0.2) is 42.7 Å². The molecule has 0 radical (unpaired) electrons. The molecule has 0 saturated heterocycles. The first-order valence-corrected chi connectivity index (χ1v) is 7.80. The molecule has 1 aromatic rings. The molecule has 0 aromatic heterocycles. The average Bonchev–Trinajstić information content (AvgIpc) is 2.60. The van der Waals surface area contributed by atoms with Gasteiger partial charge >= 0.3 is 36.1 Å². The number of hydrogen-bond acceptors (Lipinski definition) is 4. The van der Waals surface area contributed by atoms with Gasteiger partial charge in [-0.25, -0.2) is 18.4 Å². The zero-order valence-corrected chi connectivity index (χ0v) is 15.1. The molecule has 1 aromatic carbocycles. The van der Waals surface area contributed by atoms with E-state index in [0.717, 1.165) is 6.07 Å². The van der Waals surface area contributed by atoms with Crippen molar-refractivity contribution in [2.75, 3.05) is 6.61 Å². The lowest BCUT2D eigenvalue weighted by molar-refractivity contribution is -0.344. The second kappa shape index (κ2) is 9.16. The van der Waals surface area contributed by atoms with E-state index in [1.54, 1.807) is 0 Å². The van der Waals surface area contributed by atoms with Gasteiger partial charge in [0, 0.05) is 23.2 Å². The summed E-state index contributed by atoms with van der Waals surface area (Å²) < 4.78 is 110. The van der Waals surface area contributed by atoms with Crippen LogP contribution in [0.15, 0.2) is 30.4 Å². The van der Waals surface area contributed by atoms with Gasteiger partial charge < -0.3 is 9.47 Å². The van der Waals surface area contributed by atoms with Crippen LogP contribution in [0.2, 0.25) is 10.0 Å². The molecule has 29 heavy (non-hydrogen) atoms. The van der Waals surface area contributed by atoms with Crippen molar-refractivity contribution in [1.82, 2.24) is 0 Å². The van der Waals surface area contributed by atoms with E-state index >= 15 is 0 Å². The van der Waals surface area contributed by atoms with Crippen LogP contribution in [0.4, 0.5) is 35.1 Å². The lowest BCUT2D eigenvalue weighted by Gasteiger charge is -2.31. The number of hydrogen-bond donors (Lipinski definition) is 0. The molecule has 0 saturated carbocycles. The van der Waals surface area contributed by atoms with Gasteiger partial charge in [0.1, 0.15) is 0 Å². The fourth-order valence-corrected chi connectivity index (χ4v) is 1.83. The van der Waals surface area contributed by atoms with Gasteiger partial charge in [0.2, 0.25) is 0 Å². The second-order valence-electron chi connectivity index (χ2n) is 5.14. The molecule has 0 N–H and O–H groups in total. The molecule has 0 aliphatic heterocycles. The van der Waals surface area contributed by atoms with E-state index in [4.69, 9.17) is 23.2 Å². The zero-order chi connectivity index (χ0) is 22.6. The van der Waals surface area contributed by atoms with E-state index in [0.29, 0.717) is 6.08 Å². The number of alkyl halides is 8. The first-order chi connectivity index (χ1) is 13.1. The zero-order valence-electron chi connectivity index (χ0n) is 13.6. The van der Waals surface area contributed by atoms with Crippen LogP contribution in [0.25, 0.3) is 0 Å². The van der Waals surface area contributed by atoms with Crippen LogP contribution in [0, 0.1) is 0 Å². The smallest absolute Gasteiger partial charge is 0.381 e. The van der Waals surface area contributed by atoms with Crippen molar-refractivity contribution in [2.24, 2.45) is 0 Å². The van der Waals surface area contributed by atoms with Gasteiger partial charge in [-0.2, -0.15) is 26.3 Å². The Hall–Kier alpha value is -2.08. The number of carbonyl (C=O) groups is 2. The topological polar surface area (TPSA) is 52.6 Å². The Bertz CT molecular complexity index is 799. The van der Waals surface area contributed by atoms with Crippen molar-refractivity contribution in [3.63, 3.8) is 0 Å². The Kier molecular flexibility index (Phi) is 7.88. The molecule has 14 heteroatoms. The van der Waals surface area contributed by atoms with Gasteiger partial charge in [-0.15, -0.1) is 0 Å². The summed E-state index contributed by atoms with van der Waals surface area (Å²) in [6.07, 6.45) is -4.66. The Morgan fingerprint density at radius 2 is 1.55 bits per heavy atom. The highest BCUT2D eigenvalue weighted by Gasteiger charge is 2.75. The maximum atomic E-state index is 13.2. The number of ether oxygens (including phenoxy) is 2. The SMILES string of the molecule is O=C(/C=C/C(=O)Oc1cc(Cl)ccc1Cl)OCC(F)(F)C(F)(F)C(F)(F)C(F)F. The molecule has 162 valence electrons. The lowest BCUT2D eigenvalue weighted by atomic mass is 10.1. The molecule has 0 heterocycles. The Labute approximate surface area is 167 Å². The third kappa shape index (κ3) is 5.95. The van der Waals surface area contributed by atoms with Crippen LogP contribution in [0.3, 0.4) is 0 Å². The van der Waals surface area contributed by atoms with Crippen LogP contribution >= 0.6 is 23.2 Å². The summed E-state index contributed by atoms with van der Waals surface area (Å²) in [5, 5.41) is 0.0462. The molecule has 0 fully saturated rings. The molecular weight excluding hydrogens is 467 g/mol. The standard InChI is InChI=1S/C15H8Cl2F8O4/c16-7-1-2-8(17)9(5-7)29-11(27)4-3-10(26)28-6-13(20,21)15(24,25)14(22,23)12(18)19/h1-5,12H,6H2/b4-3+. The first-order valence-electron chi connectivity index (χ1n) is 7.05. The highest BCUT2D eigenvalue weighted by Crippen LogP contribution is 2.48. The highest BCUT2D eigenvalue weighted by molar-refractivity contribution is 6.34. The molecule has 0 spiro atoms. The van der Waals surface area contributed by atoms with E-state index in [1.165, 1.54) is 12.1 Å². The molecule has 1 rings (SSSR count). The summed E-state index contributed by atoms with van der Waals surface area (Å²) in [4.78, 5) is 22.7. The number of rotatable bonds is 8. The minimum Gasteiger partial charge on any atom is -0.456 e. The van der Waals surface area contributed by atoms with Crippen molar-refractivity contribution in [2.45, 2.75) is 24.2 Å². The fourth-order valence-electron chi connectivity index (χ4n) is 1.52. The predicted molar refractivity (Wildman–Crippen MR) is 83.0 cm³/mol. The van der Waals surface area contributed by atoms with E-state index in [-0.39, 0.29) is 21.9 Å². The van der Waals surface area contributed by atoms with Gasteiger partial charge in [0.25, 0.3) is 0 Å². The molecule has 4 nitrogen and oxygen atoms in total. The molecule has 0 aliphatic rings. The van der Waals surface area contributed by atoms with E-state index in [9.17, 15) is 44.7 Å². The van der Waals surface area contributed by atoms with Crippen molar-refractivity contribution in [1.29, 1.82) is 0 Å². The van der Waals surface area contributed by atoms with Crippen molar-refractivity contribution in [3.05, 3.63) is 40.4 Å². The lowest BCUT2D eigenvalue weighted by Crippen LogP contribution is -2.59. The third-order valence-electron chi connectivity index (χ3n) is 3.01. The maximum absolute atomic E-state index is 13.2. The summed E-state index contributed by atoms with van der Waals surface area (Å²) in [6.45, 7) is -2.67. The van der Waals surface area contributed by atoms with E-state index in [2.05, 4.69) is 9.47 Å². The second-order valence-corrected chi connectivity index (χ2v) is 5.98. The van der Waals surface area contributed by atoms with Gasteiger partial charge in [-0.05, 0) is 12.1 Å². The maximum Gasteiger partial charge on any atom is 0.381 e. The summed E-state index contributed by atoms with van der Waals surface area (Å²) in [5.41, 5.74) is 0. The largest absolute Gasteiger partial charge is 0.456 e. The van der Waals surface area contributed by atoms with Crippen LogP contribution in [0.1, 0.15) is 0 Å². The molecule has 0 unspecified atom stereocenters. The van der Waals surface area contributed by atoms with E-state index in [1.807, 2.05) is 0 Å². The van der Waals surface area contributed by atoms with Crippen molar-refractivity contribution in [3.8, 4) is 5.75 Å². The monoisotopic (exact) mass is 474 g/mol. The molecule has 0 aliphatic carbocycles. The molecule has 0 bridgehead atoms. The number of carbonyl (C=O) groups excluding carboxylic acids is 2. The van der Waals surface area contributed by atoms with Crippen LogP contribution < -0.4 is 4.74 Å². The minimum atomic E-state index is -6.53. The molecule has 0 amide bonds.